The summed E-state index contributed by atoms with van der Waals surface area (Å²) in [5.74, 6) is -0.0162. The summed E-state index contributed by atoms with van der Waals surface area (Å²) in [6, 6.07) is 9.29. The second-order valence-electron chi connectivity index (χ2n) is 5.87. The lowest BCUT2D eigenvalue weighted by atomic mass is 10.1. The number of anilines is 1. The van der Waals surface area contributed by atoms with Gasteiger partial charge < -0.3 is 10.1 Å². The summed E-state index contributed by atoms with van der Waals surface area (Å²) in [7, 11) is -2.16. The molecule has 6 nitrogen and oxygen atoms in total. The number of hydrogen-bond donors (Lipinski definition) is 1. The van der Waals surface area contributed by atoms with Crippen LogP contribution in [0.25, 0.3) is 0 Å². The van der Waals surface area contributed by atoms with Crippen molar-refractivity contribution in [2.24, 2.45) is 0 Å². The van der Waals surface area contributed by atoms with Gasteiger partial charge in [0.2, 0.25) is 10.0 Å². The van der Waals surface area contributed by atoms with E-state index in [9.17, 15) is 13.2 Å². The van der Waals surface area contributed by atoms with E-state index in [2.05, 4.69) is 5.32 Å². The first-order valence-corrected chi connectivity index (χ1v) is 10.3. The van der Waals surface area contributed by atoms with Gasteiger partial charge in [-0.1, -0.05) is 31.5 Å². The summed E-state index contributed by atoms with van der Waals surface area (Å²) in [4.78, 5) is 12.7. The highest BCUT2D eigenvalue weighted by Gasteiger charge is 2.22. The molecule has 0 fully saturated rings. The Morgan fingerprint density at radius 2 is 1.85 bits per heavy atom. The third-order valence-electron chi connectivity index (χ3n) is 4.17. The van der Waals surface area contributed by atoms with Gasteiger partial charge in [-0.15, -0.1) is 0 Å². The minimum Gasteiger partial charge on any atom is -0.495 e. The Balaban J connectivity index is 2.35. The number of amides is 1. The van der Waals surface area contributed by atoms with E-state index in [-0.39, 0.29) is 10.5 Å². The Kier molecular flexibility index (Phi) is 6.86. The van der Waals surface area contributed by atoms with Gasteiger partial charge in [-0.25, -0.2) is 8.42 Å². The van der Waals surface area contributed by atoms with Crippen molar-refractivity contribution in [1.29, 1.82) is 0 Å². The van der Waals surface area contributed by atoms with Gasteiger partial charge in [0, 0.05) is 29.7 Å². The largest absolute Gasteiger partial charge is 0.495 e. The highest BCUT2D eigenvalue weighted by Crippen LogP contribution is 2.31. The van der Waals surface area contributed by atoms with E-state index < -0.39 is 15.9 Å². The van der Waals surface area contributed by atoms with Crippen LogP contribution in [-0.2, 0) is 10.0 Å². The number of carbonyl (C=O) groups is 1. The van der Waals surface area contributed by atoms with Crippen molar-refractivity contribution < 1.29 is 17.9 Å². The highest BCUT2D eigenvalue weighted by atomic mass is 35.5. The highest BCUT2D eigenvalue weighted by molar-refractivity contribution is 7.89. The average Bonchev–Trinajstić information content (AvgIpc) is 2.65. The van der Waals surface area contributed by atoms with E-state index in [1.807, 2.05) is 6.92 Å². The first-order valence-electron chi connectivity index (χ1n) is 8.50. The number of rotatable bonds is 7. The maximum Gasteiger partial charge on any atom is 0.255 e. The van der Waals surface area contributed by atoms with E-state index >= 15 is 0 Å². The molecule has 1 amide bonds. The molecule has 0 aliphatic rings. The summed E-state index contributed by atoms with van der Waals surface area (Å²) in [5.41, 5.74) is 1.48. The van der Waals surface area contributed by atoms with E-state index in [4.69, 9.17) is 16.3 Å². The molecule has 0 aromatic heterocycles. The molecule has 0 aliphatic carbocycles. The molecule has 8 heteroatoms. The minimum absolute atomic E-state index is 0.0816. The van der Waals surface area contributed by atoms with E-state index in [1.165, 1.54) is 23.5 Å². The number of methoxy groups -OCH3 is 1. The molecule has 2 aromatic rings. The molecule has 0 aliphatic heterocycles. The Labute approximate surface area is 165 Å². The predicted octanol–water partition coefficient (Wildman–Crippen LogP) is 3.94. The van der Waals surface area contributed by atoms with Gasteiger partial charge in [0.05, 0.1) is 17.7 Å². The van der Waals surface area contributed by atoms with Crippen LogP contribution in [0.4, 0.5) is 5.69 Å². The molecule has 0 saturated carbocycles. The fourth-order valence-electron chi connectivity index (χ4n) is 2.63. The van der Waals surface area contributed by atoms with Crippen molar-refractivity contribution in [3.63, 3.8) is 0 Å². The van der Waals surface area contributed by atoms with Crippen molar-refractivity contribution in [2.75, 3.05) is 25.5 Å². The molecule has 0 radical (unpaired) electrons. The van der Waals surface area contributed by atoms with Crippen LogP contribution in [0.5, 0.6) is 5.75 Å². The Bertz CT molecular complexity index is 941. The molecule has 0 heterocycles. The number of nitrogens with one attached hydrogen (secondary N) is 1. The predicted molar refractivity (Wildman–Crippen MR) is 107 cm³/mol. The normalized spacial score (nSPS) is 11.5. The molecular formula is C19H23ClN2O4S. The Hall–Kier alpha value is -2.09. The minimum atomic E-state index is -3.64. The summed E-state index contributed by atoms with van der Waals surface area (Å²) in [6.45, 7) is 6.07. The second-order valence-corrected chi connectivity index (χ2v) is 8.22. The quantitative estimate of drug-likeness (QED) is 0.750. The lowest BCUT2D eigenvalue weighted by Gasteiger charge is -2.18. The molecule has 1 N–H and O–H groups in total. The van der Waals surface area contributed by atoms with Crippen molar-refractivity contribution >= 4 is 33.2 Å². The van der Waals surface area contributed by atoms with Crippen molar-refractivity contribution in [2.45, 2.75) is 25.7 Å². The Morgan fingerprint density at radius 1 is 1.19 bits per heavy atom. The van der Waals surface area contributed by atoms with Crippen LogP contribution in [0.15, 0.2) is 41.3 Å². The molecule has 0 spiro atoms. The number of sulfonamides is 1. The summed E-state index contributed by atoms with van der Waals surface area (Å²) < 4.78 is 31.9. The van der Waals surface area contributed by atoms with Crippen molar-refractivity contribution in [3.05, 3.63) is 52.5 Å². The maximum absolute atomic E-state index is 12.7. The second kappa shape index (κ2) is 8.73. The molecular weight excluding hydrogens is 388 g/mol. The van der Waals surface area contributed by atoms with Gasteiger partial charge in [-0.3, -0.25) is 4.79 Å². The van der Waals surface area contributed by atoms with Crippen LogP contribution in [-0.4, -0.2) is 38.8 Å². The standard InChI is InChI=1S/C19H23ClN2O4S/c1-5-22(6-2)27(24,25)15-9-7-8-14(11-15)19(23)21-17-10-13(3)16(20)12-18(17)26-4/h7-12H,5-6H2,1-4H3,(H,21,23). The fourth-order valence-corrected chi connectivity index (χ4v) is 4.29. The number of aryl methyl sites for hydroxylation is 1. The van der Waals surface area contributed by atoms with Crippen LogP contribution >= 0.6 is 11.6 Å². The molecule has 2 rings (SSSR count). The zero-order valence-corrected chi connectivity index (χ0v) is 17.3. The van der Waals surface area contributed by atoms with Crippen LogP contribution in [0.1, 0.15) is 29.8 Å². The number of ether oxygens (including phenoxy) is 1. The van der Waals surface area contributed by atoms with Crippen LogP contribution < -0.4 is 10.1 Å². The third kappa shape index (κ3) is 4.61. The molecule has 0 bridgehead atoms. The van der Waals surface area contributed by atoms with Gasteiger partial charge in [0.1, 0.15) is 5.75 Å². The summed E-state index contributed by atoms with van der Waals surface area (Å²) >= 11 is 6.08. The number of nitrogens with zero attached hydrogens (tertiary/aromatic N) is 1. The van der Waals surface area contributed by atoms with Crippen LogP contribution in [0.2, 0.25) is 5.02 Å². The number of halogens is 1. The zero-order valence-electron chi connectivity index (χ0n) is 15.7. The zero-order chi connectivity index (χ0) is 20.2. The number of carbonyl (C=O) groups excluding carboxylic acids is 1. The van der Waals surface area contributed by atoms with E-state index in [0.29, 0.717) is 29.5 Å². The number of hydrogen-bond acceptors (Lipinski definition) is 4. The lowest BCUT2D eigenvalue weighted by molar-refractivity contribution is 0.102. The molecule has 0 atom stereocenters. The average molecular weight is 411 g/mol. The van der Waals surface area contributed by atoms with E-state index in [1.54, 1.807) is 38.1 Å². The molecule has 0 saturated heterocycles. The van der Waals surface area contributed by atoms with Crippen LogP contribution in [0, 0.1) is 6.92 Å². The van der Waals surface area contributed by atoms with Gasteiger partial charge >= 0.3 is 0 Å². The molecule has 146 valence electrons. The van der Waals surface area contributed by atoms with Gasteiger partial charge in [-0.05, 0) is 36.8 Å². The summed E-state index contributed by atoms with van der Waals surface area (Å²) in [6.07, 6.45) is 0. The van der Waals surface area contributed by atoms with Gasteiger partial charge in [0.25, 0.3) is 5.91 Å². The third-order valence-corrected chi connectivity index (χ3v) is 6.62. The molecule has 0 unspecified atom stereocenters. The van der Waals surface area contributed by atoms with Crippen molar-refractivity contribution in [3.8, 4) is 5.75 Å². The summed E-state index contributed by atoms with van der Waals surface area (Å²) in [5, 5.41) is 3.28. The smallest absolute Gasteiger partial charge is 0.255 e. The SMILES string of the molecule is CCN(CC)S(=O)(=O)c1cccc(C(=O)Nc2cc(C)c(Cl)cc2OC)c1. The first-order chi connectivity index (χ1) is 12.7. The van der Waals surface area contributed by atoms with Gasteiger partial charge in [0.15, 0.2) is 0 Å². The Morgan fingerprint density at radius 3 is 2.44 bits per heavy atom. The topological polar surface area (TPSA) is 75.7 Å². The lowest BCUT2D eigenvalue weighted by Crippen LogP contribution is -2.30. The maximum atomic E-state index is 12.7. The first kappa shape index (κ1) is 21.2. The van der Waals surface area contributed by atoms with Gasteiger partial charge in [-0.2, -0.15) is 4.31 Å². The monoisotopic (exact) mass is 410 g/mol. The molecule has 27 heavy (non-hydrogen) atoms. The van der Waals surface area contributed by atoms with Crippen molar-refractivity contribution in [1.82, 2.24) is 4.31 Å². The number of benzene rings is 2. The van der Waals surface area contributed by atoms with Crippen LogP contribution in [0.3, 0.4) is 0 Å². The fraction of sp³-hybridized carbons (Fsp3) is 0.316. The molecule has 2 aromatic carbocycles. The van der Waals surface area contributed by atoms with E-state index in [0.717, 1.165) is 5.56 Å².